The largest absolute Gasteiger partial charge is 0.503 e. The molecule has 3 aromatic carbocycles. The molecule has 0 bridgehead atoms. The summed E-state index contributed by atoms with van der Waals surface area (Å²) in [6, 6.07) is 13.9. The smallest absolute Gasteiger partial charge is 0.282 e. The molecule has 0 spiro atoms. The summed E-state index contributed by atoms with van der Waals surface area (Å²) < 4.78 is 5.81. The first-order valence-corrected chi connectivity index (χ1v) is 9.40. The number of aromatic hydroxyl groups is 1. The second-order valence-corrected chi connectivity index (χ2v) is 7.01. The predicted molar refractivity (Wildman–Crippen MR) is 109 cm³/mol. The van der Waals surface area contributed by atoms with Crippen LogP contribution in [-0.4, -0.2) is 34.8 Å². The zero-order valence-electron chi connectivity index (χ0n) is 14.8. The van der Waals surface area contributed by atoms with Gasteiger partial charge >= 0.3 is 0 Å². The van der Waals surface area contributed by atoms with Gasteiger partial charge in [-0.3, -0.25) is 9.59 Å². The Kier molecular flexibility index (Phi) is 4.60. The number of phenolic OH excluding ortho intramolecular Hbond substituents is 1. The number of ether oxygens (including phenoxy) is 1. The summed E-state index contributed by atoms with van der Waals surface area (Å²) in [5.41, 5.74) is 1.43. The molecule has 0 unspecified atom stereocenters. The summed E-state index contributed by atoms with van der Waals surface area (Å²) in [4.78, 5) is 25.7. The van der Waals surface area contributed by atoms with Crippen molar-refractivity contribution in [3.63, 3.8) is 0 Å². The van der Waals surface area contributed by atoms with Crippen molar-refractivity contribution in [3.8, 4) is 11.5 Å². The summed E-state index contributed by atoms with van der Waals surface area (Å²) >= 11 is 3.26. The van der Waals surface area contributed by atoms with Crippen LogP contribution in [0.4, 0.5) is 0 Å². The minimum Gasteiger partial charge on any atom is -0.503 e. The van der Waals surface area contributed by atoms with Crippen molar-refractivity contribution in [2.24, 2.45) is 5.10 Å². The molecule has 1 N–H and O–H groups in total. The molecule has 1 aliphatic heterocycles. The number of phenols is 1. The van der Waals surface area contributed by atoms with Crippen LogP contribution in [0.5, 0.6) is 11.5 Å². The van der Waals surface area contributed by atoms with Gasteiger partial charge in [-0.15, -0.1) is 0 Å². The van der Waals surface area contributed by atoms with Gasteiger partial charge in [-0.2, -0.15) is 10.1 Å². The maximum atomic E-state index is 12.8. The number of hydrogen-bond donors (Lipinski definition) is 1. The molecule has 0 radical (unpaired) electrons. The molecule has 7 heteroatoms. The second-order valence-electron chi connectivity index (χ2n) is 6.16. The molecule has 2 amide bonds. The van der Waals surface area contributed by atoms with Crippen LogP contribution in [0.3, 0.4) is 0 Å². The zero-order chi connectivity index (χ0) is 19.8. The predicted octanol–water partition coefficient (Wildman–Crippen LogP) is 4.34. The molecule has 4 rings (SSSR count). The fraction of sp³-hybridized carbons (Fsp3) is 0.0952. The number of carbonyl (C=O) groups excluding carboxylic acids is 2. The summed E-state index contributed by atoms with van der Waals surface area (Å²) in [6.07, 6.45) is 1.39. The van der Waals surface area contributed by atoms with Crippen LogP contribution in [0, 0.1) is 0 Å². The maximum absolute atomic E-state index is 12.8. The van der Waals surface area contributed by atoms with Crippen molar-refractivity contribution >= 4 is 44.7 Å². The summed E-state index contributed by atoms with van der Waals surface area (Å²) in [6.45, 7) is 2.18. The van der Waals surface area contributed by atoms with Gasteiger partial charge in [-0.1, -0.05) is 24.3 Å². The van der Waals surface area contributed by atoms with E-state index in [9.17, 15) is 14.7 Å². The average molecular weight is 439 g/mol. The molecule has 28 heavy (non-hydrogen) atoms. The van der Waals surface area contributed by atoms with E-state index in [1.165, 1.54) is 6.21 Å². The van der Waals surface area contributed by atoms with Crippen LogP contribution < -0.4 is 4.74 Å². The lowest BCUT2D eigenvalue weighted by Gasteiger charge is -2.23. The molecular weight excluding hydrogens is 424 g/mol. The Labute approximate surface area is 169 Å². The molecule has 140 valence electrons. The van der Waals surface area contributed by atoms with Crippen LogP contribution in [0.2, 0.25) is 0 Å². The van der Waals surface area contributed by atoms with E-state index in [1.54, 1.807) is 43.3 Å². The molecule has 0 fully saturated rings. The first-order chi connectivity index (χ1) is 13.5. The van der Waals surface area contributed by atoms with Crippen molar-refractivity contribution in [1.82, 2.24) is 5.01 Å². The minimum absolute atomic E-state index is 0.0234. The van der Waals surface area contributed by atoms with Crippen molar-refractivity contribution in [1.29, 1.82) is 0 Å². The normalized spacial score (nSPS) is 13.6. The Bertz CT molecular complexity index is 1110. The van der Waals surface area contributed by atoms with Crippen molar-refractivity contribution in [3.05, 3.63) is 69.7 Å². The number of nitrogens with zero attached hydrogens (tertiary/aromatic N) is 2. The van der Waals surface area contributed by atoms with Crippen LogP contribution >= 0.6 is 15.9 Å². The van der Waals surface area contributed by atoms with E-state index in [0.717, 1.165) is 10.4 Å². The third kappa shape index (κ3) is 2.93. The van der Waals surface area contributed by atoms with Crippen molar-refractivity contribution in [2.75, 3.05) is 6.61 Å². The molecule has 0 saturated carbocycles. The lowest BCUT2D eigenvalue weighted by atomic mass is 9.95. The summed E-state index contributed by atoms with van der Waals surface area (Å²) in [7, 11) is 0. The van der Waals surface area contributed by atoms with E-state index in [2.05, 4.69) is 21.0 Å². The van der Waals surface area contributed by atoms with Crippen molar-refractivity contribution < 1.29 is 19.4 Å². The topological polar surface area (TPSA) is 79.2 Å². The van der Waals surface area contributed by atoms with Crippen LogP contribution in [0.1, 0.15) is 33.2 Å². The number of benzene rings is 3. The van der Waals surface area contributed by atoms with E-state index in [-0.39, 0.29) is 11.5 Å². The Morgan fingerprint density at radius 1 is 1.11 bits per heavy atom. The molecule has 0 aromatic heterocycles. The van der Waals surface area contributed by atoms with E-state index >= 15 is 0 Å². The monoisotopic (exact) mass is 438 g/mol. The summed E-state index contributed by atoms with van der Waals surface area (Å²) in [5, 5.41) is 16.5. The fourth-order valence-corrected chi connectivity index (χ4v) is 3.64. The van der Waals surface area contributed by atoms with Gasteiger partial charge in [0, 0.05) is 5.39 Å². The van der Waals surface area contributed by atoms with E-state index in [1.807, 2.05) is 12.1 Å². The van der Waals surface area contributed by atoms with Gasteiger partial charge in [0.15, 0.2) is 11.5 Å². The third-order valence-corrected chi connectivity index (χ3v) is 5.03. The first-order valence-electron chi connectivity index (χ1n) is 8.61. The molecular formula is C21H15BrN2O4. The zero-order valence-corrected chi connectivity index (χ0v) is 16.4. The molecule has 6 nitrogen and oxygen atoms in total. The maximum Gasteiger partial charge on any atom is 0.282 e. The fourth-order valence-electron chi connectivity index (χ4n) is 3.18. The van der Waals surface area contributed by atoms with Crippen LogP contribution in [0.15, 0.2) is 58.1 Å². The molecule has 1 aliphatic rings. The number of hydrazone groups is 1. The highest BCUT2D eigenvalue weighted by Gasteiger charge is 2.32. The number of halogens is 1. The number of rotatable bonds is 4. The van der Waals surface area contributed by atoms with Gasteiger partial charge in [0.2, 0.25) is 0 Å². The molecule has 3 aromatic rings. The Morgan fingerprint density at radius 2 is 1.75 bits per heavy atom. The van der Waals surface area contributed by atoms with E-state index < -0.39 is 11.8 Å². The van der Waals surface area contributed by atoms with Gasteiger partial charge in [0.05, 0.1) is 28.4 Å². The average Bonchev–Trinajstić information content (AvgIpc) is 2.69. The Hall–Kier alpha value is -3.19. The van der Waals surface area contributed by atoms with Gasteiger partial charge < -0.3 is 9.84 Å². The highest BCUT2D eigenvalue weighted by molar-refractivity contribution is 9.10. The molecule has 0 saturated heterocycles. The number of hydrogen-bond acceptors (Lipinski definition) is 5. The highest BCUT2D eigenvalue weighted by Crippen LogP contribution is 2.35. The van der Waals surface area contributed by atoms with E-state index in [0.29, 0.717) is 33.2 Å². The molecule has 1 heterocycles. The van der Waals surface area contributed by atoms with Gasteiger partial charge in [-0.05, 0) is 58.1 Å². The summed E-state index contributed by atoms with van der Waals surface area (Å²) in [5.74, 6) is -0.698. The Balaban J connectivity index is 1.74. The first kappa shape index (κ1) is 18.2. The lowest BCUT2D eigenvalue weighted by Crippen LogP contribution is -2.36. The molecule has 0 atom stereocenters. The van der Waals surface area contributed by atoms with Gasteiger partial charge in [-0.25, -0.2) is 0 Å². The Morgan fingerprint density at radius 3 is 2.36 bits per heavy atom. The molecule has 0 aliphatic carbocycles. The standard InChI is InChI=1S/C21H15BrN2O4/c1-2-28-17-10-12(9-16(22)19(17)25)11-23-24-20(26)14-7-3-5-13-6-4-8-15(18(13)14)21(24)27/h3-11,25H,2H2,1H3. The van der Waals surface area contributed by atoms with Crippen molar-refractivity contribution in [2.45, 2.75) is 6.92 Å². The van der Waals surface area contributed by atoms with E-state index in [4.69, 9.17) is 4.74 Å². The SMILES string of the molecule is CCOc1cc(C=NN2C(=O)c3cccc4cccc(c34)C2=O)cc(Br)c1O. The van der Waals surface area contributed by atoms with Crippen LogP contribution in [0.25, 0.3) is 10.8 Å². The number of carbonyl (C=O) groups is 2. The quantitative estimate of drug-likeness (QED) is 0.485. The van der Waals surface area contributed by atoms with Gasteiger partial charge in [0.1, 0.15) is 0 Å². The number of amides is 2. The minimum atomic E-state index is -0.478. The van der Waals surface area contributed by atoms with Crippen LogP contribution in [-0.2, 0) is 0 Å². The third-order valence-electron chi connectivity index (χ3n) is 4.42. The number of imide groups is 1. The highest BCUT2D eigenvalue weighted by atomic mass is 79.9. The van der Waals surface area contributed by atoms with Gasteiger partial charge in [0.25, 0.3) is 11.8 Å². The lowest BCUT2D eigenvalue weighted by molar-refractivity contribution is 0.0616. The second kappa shape index (κ2) is 7.09.